The smallest absolute Gasteiger partial charge is 0.280 e. The van der Waals surface area contributed by atoms with Crippen molar-refractivity contribution in [3.63, 3.8) is 0 Å². The molecule has 0 radical (unpaired) electrons. The maximum atomic E-state index is 12.1. The second-order valence-electron chi connectivity index (χ2n) is 5.48. The van der Waals surface area contributed by atoms with Crippen LogP contribution >= 0.6 is 24.0 Å². The molecule has 0 saturated heterocycles. The number of anilines is 2. The predicted octanol–water partition coefficient (Wildman–Crippen LogP) is 1.49. The van der Waals surface area contributed by atoms with Gasteiger partial charge in [0.15, 0.2) is 28.4 Å². The average Bonchev–Trinajstić information content (AvgIpc) is 2.59. The first-order valence-corrected chi connectivity index (χ1v) is 8.22. The van der Waals surface area contributed by atoms with Gasteiger partial charge in [0, 0.05) is 6.54 Å². The van der Waals surface area contributed by atoms with Gasteiger partial charge in [-0.3, -0.25) is 15.1 Å². The fourth-order valence-electron chi connectivity index (χ4n) is 2.13. The molecule has 1 heterocycles. The Hall–Kier alpha value is -2.78. The lowest BCUT2D eigenvalue weighted by atomic mass is 10.1. The number of halogens is 2. The van der Waals surface area contributed by atoms with Gasteiger partial charge in [-0.15, -0.1) is 12.4 Å². The highest BCUT2D eigenvalue weighted by Crippen LogP contribution is 2.17. The quantitative estimate of drug-likeness (QED) is 0.271. The maximum Gasteiger partial charge on any atom is 0.280 e. The average molecular weight is 414 g/mol. The molecule has 0 bridgehead atoms. The SMILES string of the molecule is Cl.NC(=NCCCCc1ccc(O)cc1)NC(=O)c1nc(Cl)c(N)nc1N. The van der Waals surface area contributed by atoms with Gasteiger partial charge < -0.3 is 22.3 Å². The summed E-state index contributed by atoms with van der Waals surface area (Å²) in [6.45, 7) is 0.452. The van der Waals surface area contributed by atoms with Crippen LogP contribution in [0.25, 0.3) is 0 Å². The van der Waals surface area contributed by atoms with Crippen LogP contribution in [0.3, 0.4) is 0 Å². The van der Waals surface area contributed by atoms with E-state index in [1.807, 2.05) is 12.1 Å². The number of guanidine groups is 1. The van der Waals surface area contributed by atoms with Crippen LogP contribution in [0.4, 0.5) is 11.6 Å². The molecule has 2 aromatic rings. The Balaban J connectivity index is 0.00000364. The molecular weight excluding hydrogens is 393 g/mol. The molecule has 1 aromatic carbocycles. The summed E-state index contributed by atoms with van der Waals surface area (Å²) in [5.74, 6) is -0.673. The summed E-state index contributed by atoms with van der Waals surface area (Å²) < 4.78 is 0. The van der Waals surface area contributed by atoms with Gasteiger partial charge in [0.2, 0.25) is 0 Å². The third-order valence-corrected chi connectivity index (χ3v) is 3.73. The van der Waals surface area contributed by atoms with Crippen molar-refractivity contribution < 1.29 is 9.90 Å². The number of amides is 1. The molecule has 27 heavy (non-hydrogen) atoms. The lowest BCUT2D eigenvalue weighted by Gasteiger charge is -2.07. The van der Waals surface area contributed by atoms with Crippen LogP contribution in [0.5, 0.6) is 5.75 Å². The molecule has 0 aliphatic heterocycles. The van der Waals surface area contributed by atoms with E-state index in [9.17, 15) is 9.90 Å². The number of aromatic nitrogens is 2. The molecule has 11 heteroatoms. The third-order valence-electron chi connectivity index (χ3n) is 3.45. The molecule has 0 saturated carbocycles. The molecule has 146 valence electrons. The first kappa shape index (κ1) is 22.3. The number of carbonyl (C=O) groups excluding carboxylic acids is 1. The van der Waals surface area contributed by atoms with Crippen LogP contribution < -0.4 is 22.5 Å². The van der Waals surface area contributed by atoms with Crippen LogP contribution in [0, 0.1) is 0 Å². The molecule has 0 unspecified atom stereocenters. The van der Waals surface area contributed by atoms with E-state index in [0.29, 0.717) is 6.54 Å². The number of nitrogens with one attached hydrogen (secondary N) is 1. The van der Waals surface area contributed by atoms with Crippen molar-refractivity contribution >= 4 is 47.5 Å². The van der Waals surface area contributed by atoms with E-state index >= 15 is 0 Å². The van der Waals surface area contributed by atoms with Gasteiger partial charge in [-0.05, 0) is 37.0 Å². The van der Waals surface area contributed by atoms with E-state index in [-0.39, 0.29) is 46.6 Å². The van der Waals surface area contributed by atoms with Gasteiger partial charge in [-0.1, -0.05) is 23.7 Å². The molecule has 1 aromatic heterocycles. The number of aryl methyl sites for hydroxylation is 1. The predicted molar refractivity (Wildman–Crippen MR) is 108 cm³/mol. The fraction of sp³-hybridized carbons (Fsp3) is 0.250. The number of phenolic OH excluding ortho intramolecular Hbond substituents is 1. The summed E-state index contributed by atoms with van der Waals surface area (Å²) >= 11 is 5.73. The van der Waals surface area contributed by atoms with Crippen molar-refractivity contribution in [3.8, 4) is 5.75 Å². The largest absolute Gasteiger partial charge is 0.508 e. The number of rotatable bonds is 6. The van der Waals surface area contributed by atoms with Crippen LogP contribution in [0.15, 0.2) is 29.3 Å². The minimum atomic E-state index is -0.665. The number of nitrogens with two attached hydrogens (primary N) is 3. The summed E-state index contributed by atoms with van der Waals surface area (Å²) in [5.41, 5.74) is 17.7. The normalized spacial score (nSPS) is 10.9. The van der Waals surface area contributed by atoms with Crippen molar-refractivity contribution in [1.82, 2.24) is 15.3 Å². The van der Waals surface area contributed by atoms with E-state index in [1.165, 1.54) is 0 Å². The number of hydrogen-bond acceptors (Lipinski definition) is 7. The Bertz CT molecular complexity index is 813. The number of aliphatic imine (C=N–C) groups is 1. The molecule has 9 nitrogen and oxygen atoms in total. The minimum absolute atomic E-state index is 0. The van der Waals surface area contributed by atoms with Gasteiger partial charge in [-0.25, -0.2) is 9.97 Å². The number of unbranched alkanes of at least 4 members (excludes halogenated alkanes) is 1. The number of aromatic hydroxyl groups is 1. The maximum absolute atomic E-state index is 12.1. The van der Waals surface area contributed by atoms with Gasteiger partial charge in [0.05, 0.1) is 0 Å². The lowest BCUT2D eigenvalue weighted by Crippen LogP contribution is -2.38. The Morgan fingerprint density at radius 1 is 1.15 bits per heavy atom. The fourth-order valence-corrected chi connectivity index (χ4v) is 2.25. The molecule has 2 rings (SSSR count). The summed E-state index contributed by atoms with van der Waals surface area (Å²) in [7, 11) is 0. The highest BCUT2D eigenvalue weighted by atomic mass is 35.5. The van der Waals surface area contributed by atoms with Crippen LogP contribution in [-0.2, 0) is 6.42 Å². The van der Waals surface area contributed by atoms with Crippen molar-refractivity contribution in [2.45, 2.75) is 19.3 Å². The lowest BCUT2D eigenvalue weighted by molar-refractivity contribution is 0.0972. The van der Waals surface area contributed by atoms with E-state index in [2.05, 4.69) is 20.3 Å². The second-order valence-corrected chi connectivity index (χ2v) is 5.84. The van der Waals surface area contributed by atoms with Crippen molar-refractivity contribution in [2.75, 3.05) is 18.0 Å². The monoisotopic (exact) mass is 413 g/mol. The zero-order valence-corrected chi connectivity index (χ0v) is 15.9. The molecular formula is C16H21Cl2N7O2. The molecule has 1 amide bonds. The molecule has 0 atom stereocenters. The topological polar surface area (TPSA) is 166 Å². The zero-order chi connectivity index (χ0) is 19.1. The second kappa shape index (κ2) is 10.4. The molecule has 0 aliphatic carbocycles. The van der Waals surface area contributed by atoms with Crippen LogP contribution in [0.1, 0.15) is 28.9 Å². The Labute approximate surface area is 167 Å². The Kier molecular flexibility index (Phi) is 8.57. The van der Waals surface area contributed by atoms with E-state index in [1.54, 1.807) is 12.1 Å². The zero-order valence-electron chi connectivity index (χ0n) is 14.4. The van der Waals surface area contributed by atoms with E-state index in [0.717, 1.165) is 24.8 Å². The molecule has 8 N–H and O–H groups in total. The van der Waals surface area contributed by atoms with Crippen molar-refractivity contribution in [3.05, 3.63) is 40.7 Å². The Morgan fingerprint density at radius 2 is 1.81 bits per heavy atom. The third kappa shape index (κ3) is 6.80. The molecule has 0 spiro atoms. The first-order valence-electron chi connectivity index (χ1n) is 7.84. The number of phenols is 1. The van der Waals surface area contributed by atoms with Crippen LogP contribution in [0.2, 0.25) is 5.15 Å². The molecule has 0 fully saturated rings. The first-order chi connectivity index (χ1) is 12.4. The van der Waals surface area contributed by atoms with Gasteiger partial charge in [0.25, 0.3) is 5.91 Å². The Morgan fingerprint density at radius 3 is 2.48 bits per heavy atom. The highest BCUT2D eigenvalue weighted by molar-refractivity contribution is 6.31. The van der Waals surface area contributed by atoms with Crippen LogP contribution in [-0.4, -0.2) is 33.5 Å². The minimum Gasteiger partial charge on any atom is -0.508 e. The van der Waals surface area contributed by atoms with E-state index < -0.39 is 5.91 Å². The number of nitrogens with zero attached hydrogens (tertiary/aromatic N) is 3. The number of hydrogen-bond donors (Lipinski definition) is 5. The number of nitrogen functional groups attached to an aromatic ring is 2. The number of benzene rings is 1. The summed E-state index contributed by atoms with van der Waals surface area (Å²) in [5, 5.41) is 11.5. The van der Waals surface area contributed by atoms with Gasteiger partial charge in [-0.2, -0.15) is 0 Å². The van der Waals surface area contributed by atoms with Gasteiger partial charge >= 0.3 is 0 Å². The van der Waals surface area contributed by atoms with E-state index in [4.69, 9.17) is 28.8 Å². The van der Waals surface area contributed by atoms with Crippen molar-refractivity contribution in [1.29, 1.82) is 0 Å². The summed E-state index contributed by atoms with van der Waals surface area (Å²) in [4.78, 5) is 23.7. The summed E-state index contributed by atoms with van der Waals surface area (Å²) in [6, 6.07) is 7.05. The van der Waals surface area contributed by atoms with Crippen molar-refractivity contribution in [2.24, 2.45) is 10.7 Å². The standard InChI is InChI=1S/C16H20ClN7O2.ClH/c17-12-14(19)23-13(18)11(22-12)15(26)24-16(20)21-8-2-1-3-9-4-6-10(25)7-5-9;/h4-7,25H,1-3,8H2,(H4,18,19,23)(H3,20,21,24,26);1H. The van der Waals surface area contributed by atoms with Gasteiger partial charge in [0.1, 0.15) is 5.75 Å². The molecule has 0 aliphatic rings. The summed E-state index contributed by atoms with van der Waals surface area (Å²) in [6.07, 6.45) is 2.53. The highest BCUT2D eigenvalue weighted by Gasteiger charge is 2.16. The number of carbonyl (C=O) groups is 1.